The summed E-state index contributed by atoms with van der Waals surface area (Å²) in [5, 5.41) is 6.74. The summed E-state index contributed by atoms with van der Waals surface area (Å²) in [4.78, 5) is 12.8. The lowest BCUT2D eigenvalue weighted by Crippen LogP contribution is -2.13. The summed E-state index contributed by atoms with van der Waals surface area (Å²) >= 11 is 2.86. The summed E-state index contributed by atoms with van der Waals surface area (Å²) in [6, 6.07) is 0. The minimum atomic E-state index is -0.373. The van der Waals surface area contributed by atoms with Gasteiger partial charge in [0.15, 0.2) is 4.60 Å². The lowest BCUT2D eigenvalue weighted by Gasteiger charge is -1.87. The van der Waals surface area contributed by atoms with Crippen molar-refractivity contribution in [2.24, 2.45) is 0 Å². The second-order valence-corrected chi connectivity index (χ2v) is 2.08. The van der Waals surface area contributed by atoms with Gasteiger partial charge in [-0.1, -0.05) is 0 Å². The molecular weight excluding hydrogens is 188 g/mol. The number of hydrogen-bond donors (Lipinski definition) is 2. The van der Waals surface area contributed by atoms with Crippen molar-refractivity contribution in [2.45, 2.75) is 0 Å². The number of rotatable bonds is 0. The van der Waals surface area contributed by atoms with Crippen LogP contribution in [0, 0.1) is 0 Å². The third-order valence-electron chi connectivity index (χ3n) is 0.674. The van der Waals surface area contributed by atoms with Crippen LogP contribution in [-0.4, -0.2) is 15.2 Å². The van der Waals surface area contributed by atoms with Crippen LogP contribution in [0.4, 0.5) is 5.95 Å². The van der Waals surface area contributed by atoms with Crippen molar-refractivity contribution in [3.63, 3.8) is 0 Å². The molecule has 9 heavy (non-hydrogen) atoms. The van der Waals surface area contributed by atoms with Crippen molar-refractivity contribution in [1.82, 2.24) is 15.2 Å². The maximum Gasteiger partial charge on any atom is 0.285 e. The highest BCUT2D eigenvalue weighted by Gasteiger charge is 1.94. The summed E-state index contributed by atoms with van der Waals surface area (Å²) in [7, 11) is 0. The lowest BCUT2D eigenvalue weighted by atomic mass is 10.8. The van der Waals surface area contributed by atoms with E-state index in [0.717, 1.165) is 0 Å². The highest BCUT2D eigenvalue weighted by atomic mass is 79.9. The molecule has 0 saturated carbocycles. The topological polar surface area (TPSA) is 84.7 Å². The minimum Gasteiger partial charge on any atom is -0.368 e. The van der Waals surface area contributed by atoms with Crippen molar-refractivity contribution in [3.8, 4) is 0 Å². The molecule has 6 heteroatoms. The van der Waals surface area contributed by atoms with Gasteiger partial charge in [-0.15, -0.1) is 10.2 Å². The van der Waals surface area contributed by atoms with Crippen molar-refractivity contribution in [2.75, 3.05) is 5.73 Å². The average molecular weight is 191 g/mol. The summed E-state index contributed by atoms with van der Waals surface area (Å²) in [5.74, 6) is 0.0169. The van der Waals surface area contributed by atoms with E-state index in [0.29, 0.717) is 0 Å². The van der Waals surface area contributed by atoms with Gasteiger partial charge in [0, 0.05) is 0 Å². The number of halogens is 1. The Kier molecular flexibility index (Phi) is 1.48. The number of hydrogen-bond acceptors (Lipinski definition) is 4. The Hall–Kier alpha value is -0.910. The Labute approximate surface area is 58.4 Å². The van der Waals surface area contributed by atoms with E-state index in [4.69, 9.17) is 5.73 Å². The number of anilines is 1. The van der Waals surface area contributed by atoms with Crippen LogP contribution in [0.2, 0.25) is 0 Å². The van der Waals surface area contributed by atoms with Crippen LogP contribution in [0.15, 0.2) is 9.40 Å². The Morgan fingerprint density at radius 1 is 1.56 bits per heavy atom. The smallest absolute Gasteiger partial charge is 0.285 e. The molecule has 48 valence electrons. The Balaban J connectivity index is 3.34. The summed E-state index contributed by atoms with van der Waals surface area (Å²) in [6.45, 7) is 0. The van der Waals surface area contributed by atoms with Crippen LogP contribution in [0.25, 0.3) is 0 Å². The molecule has 0 saturated heterocycles. The molecule has 1 heterocycles. The molecule has 0 fully saturated rings. The van der Waals surface area contributed by atoms with Gasteiger partial charge in [-0.2, -0.15) is 0 Å². The first-order valence-corrected chi connectivity index (χ1v) is 2.87. The van der Waals surface area contributed by atoms with Gasteiger partial charge in [0.05, 0.1) is 0 Å². The van der Waals surface area contributed by atoms with E-state index in [1.54, 1.807) is 0 Å². The van der Waals surface area contributed by atoms with Crippen LogP contribution < -0.4 is 11.3 Å². The predicted octanol–water partition coefficient (Wildman–Crippen LogP) is -0.490. The zero-order valence-corrected chi connectivity index (χ0v) is 5.84. The molecule has 5 nitrogen and oxygen atoms in total. The molecule has 3 N–H and O–H groups in total. The number of nitrogen functional groups attached to an aromatic ring is 1. The van der Waals surface area contributed by atoms with Crippen molar-refractivity contribution in [1.29, 1.82) is 0 Å². The van der Waals surface area contributed by atoms with Gasteiger partial charge < -0.3 is 5.73 Å². The van der Waals surface area contributed by atoms with Crippen molar-refractivity contribution < 1.29 is 0 Å². The zero-order chi connectivity index (χ0) is 6.85. The van der Waals surface area contributed by atoms with Crippen LogP contribution in [-0.2, 0) is 0 Å². The van der Waals surface area contributed by atoms with Gasteiger partial charge in [-0.3, -0.25) is 9.78 Å². The van der Waals surface area contributed by atoms with Gasteiger partial charge in [0.2, 0.25) is 5.95 Å². The Morgan fingerprint density at radius 3 is 2.67 bits per heavy atom. The largest absolute Gasteiger partial charge is 0.368 e. The fourth-order valence-corrected chi connectivity index (χ4v) is 0.514. The fourth-order valence-electron chi connectivity index (χ4n) is 0.336. The van der Waals surface area contributed by atoms with Crippen molar-refractivity contribution >= 4 is 21.9 Å². The van der Waals surface area contributed by atoms with Gasteiger partial charge in [0.25, 0.3) is 5.56 Å². The van der Waals surface area contributed by atoms with E-state index < -0.39 is 0 Å². The number of aromatic amines is 1. The van der Waals surface area contributed by atoms with Gasteiger partial charge >= 0.3 is 0 Å². The first-order valence-electron chi connectivity index (χ1n) is 2.08. The van der Waals surface area contributed by atoms with E-state index in [2.05, 4.69) is 31.1 Å². The molecule has 0 aliphatic carbocycles. The first kappa shape index (κ1) is 6.21. The van der Waals surface area contributed by atoms with E-state index in [9.17, 15) is 4.79 Å². The van der Waals surface area contributed by atoms with Crippen LogP contribution in [0.3, 0.4) is 0 Å². The van der Waals surface area contributed by atoms with E-state index in [1.165, 1.54) is 0 Å². The summed E-state index contributed by atoms with van der Waals surface area (Å²) in [5.41, 5.74) is 4.70. The normalized spacial score (nSPS) is 9.44. The summed E-state index contributed by atoms with van der Waals surface area (Å²) in [6.07, 6.45) is 0. The lowest BCUT2D eigenvalue weighted by molar-refractivity contribution is 0.934. The third kappa shape index (κ3) is 1.26. The molecule has 0 aliphatic heterocycles. The minimum absolute atomic E-state index is 0.0169. The first-order chi connectivity index (χ1) is 4.20. The highest BCUT2D eigenvalue weighted by molar-refractivity contribution is 9.10. The quantitative estimate of drug-likeness (QED) is 0.579. The molecule has 0 aromatic carbocycles. The van der Waals surface area contributed by atoms with E-state index in [-0.39, 0.29) is 16.1 Å². The molecule has 0 radical (unpaired) electrons. The molecule has 0 bridgehead atoms. The number of nitrogens with one attached hydrogen (secondary N) is 1. The SMILES string of the molecule is Nc1nnc(Br)c(=O)[nH]1. The van der Waals surface area contributed by atoms with Gasteiger partial charge in [-0.05, 0) is 15.9 Å². The number of nitrogens with zero attached hydrogens (tertiary/aromatic N) is 2. The van der Waals surface area contributed by atoms with E-state index >= 15 is 0 Å². The third-order valence-corrected chi connectivity index (χ3v) is 1.19. The average Bonchev–Trinajstić information content (AvgIpc) is 1.80. The molecule has 0 unspecified atom stereocenters. The number of nitrogens with two attached hydrogens (primary N) is 1. The zero-order valence-electron chi connectivity index (χ0n) is 4.26. The van der Waals surface area contributed by atoms with Crippen LogP contribution in [0.5, 0.6) is 0 Å². The number of aromatic nitrogens is 3. The Bertz CT molecular complexity index is 269. The van der Waals surface area contributed by atoms with Gasteiger partial charge in [-0.25, -0.2) is 0 Å². The summed E-state index contributed by atoms with van der Waals surface area (Å²) < 4.78 is 0.136. The maximum atomic E-state index is 10.6. The monoisotopic (exact) mass is 190 g/mol. The van der Waals surface area contributed by atoms with Gasteiger partial charge in [0.1, 0.15) is 0 Å². The molecule has 0 spiro atoms. The molecule has 1 rings (SSSR count). The predicted molar refractivity (Wildman–Crippen MR) is 34.8 cm³/mol. The Morgan fingerprint density at radius 2 is 2.22 bits per heavy atom. The molecular formula is C3H3BrN4O. The molecule has 1 aromatic heterocycles. The maximum absolute atomic E-state index is 10.6. The number of H-pyrrole nitrogens is 1. The van der Waals surface area contributed by atoms with Crippen LogP contribution in [0.1, 0.15) is 0 Å². The molecule has 1 aromatic rings. The van der Waals surface area contributed by atoms with Crippen molar-refractivity contribution in [3.05, 3.63) is 15.0 Å². The second kappa shape index (κ2) is 2.14. The molecule has 0 aliphatic rings. The second-order valence-electron chi connectivity index (χ2n) is 1.33. The fraction of sp³-hybridized carbons (Fsp3) is 0. The van der Waals surface area contributed by atoms with Crippen LogP contribution >= 0.6 is 15.9 Å². The van der Waals surface area contributed by atoms with E-state index in [1.807, 2.05) is 0 Å². The highest BCUT2D eigenvalue weighted by Crippen LogP contribution is 1.92. The molecule has 0 amide bonds. The molecule has 0 atom stereocenters. The standard InChI is InChI=1S/C3H3BrN4O/c4-1-2(9)6-3(5)8-7-1/h(H3,5,6,8,9).